The molecule has 3 aromatic rings. The maximum absolute atomic E-state index is 5.86. The lowest BCUT2D eigenvalue weighted by Gasteiger charge is -2.09. The number of nitrogens with zero attached hydrogens (tertiary/aromatic N) is 2. The van der Waals surface area contributed by atoms with E-state index in [4.69, 9.17) is 9.47 Å². The highest BCUT2D eigenvalue weighted by Gasteiger charge is 2.07. The number of pyridine rings is 1. The smallest absolute Gasteiger partial charge is 0.130 e. The van der Waals surface area contributed by atoms with Gasteiger partial charge >= 0.3 is 0 Å². The zero-order chi connectivity index (χ0) is 23.2. The topological polar surface area (TPSA) is 43.7 Å². The molecule has 0 radical (unpaired) electrons. The van der Waals surface area contributed by atoms with Gasteiger partial charge in [-0.1, -0.05) is 48.6 Å². The number of hydrogen-bond donors (Lipinski definition) is 0. The molecular weight excluding hydrogens is 420 g/mol. The van der Waals surface area contributed by atoms with Crippen molar-refractivity contribution < 1.29 is 9.47 Å². The van der Waals surface area contributed by atoms with Crippen molar-refractivity contribution in [2.45, 2.75) is 13.0 Å². The standard InChI is InChI=1S/C30H26N2O2/c1-33-30-19-29(34-21-28-7-2-3-16-31-28)15-13-25(30)12-14-27-18-23(20-32-27)9-8-22-10-11-24-5-4-6-26(24)17-22/h2-5,7-19H,6,20-21H2,1H3/b9-8+,14-12+. The summed E-state index contributed by atoms with van der Waals surface area (Å²) in [7, 11) is 1.67. The van der Waals surface area contributed by atoms with Gasteiger partial charge in [-0.2, -0.15) is 0 Å². The number of methoxy groups -OCH3 is 1. The lowest BCUT2D eigenvalue weighted by molar-refractivity contribution is 0.299. The molecule has 5 rings (SSSR count). The van der Waals surface area contributed by atoms with E-state index in [1.165, 1.54) is 22.3 Å². The van der Waals surface area contributed by atoms with Crippen LogP contribution in [0.15, 0.2) is 95.7 Å². The van der Waals surface area contributed by atoms with E-state index in [2.05, 4.69) is 58.6 Å². The van der Waals surface area contributed by atoms with E-state index in [1.807, 2.05) is 48.6 Å². The molecule has 0 saturated heterocycles. The van der Waals surface area contributed by atoms with Crippen LogP contribution in [0.3, 0.4) is 0 Å². The van der Waals surface area contributed by atoms with Crippen molar-refractivity contribution in [3.05, 3.63) is 119 Å². The van der Waals surface area contributed by atoms with E-state index in [0.717, 1.165) is 34.9 Å². The molecule has 0 fully saturated rings. The van der Waals surface area contributed by atoms with Crippen molar-refractivity contribution in [1.29, 1.82) is 0 Å². The Morgan fingerprint density at radius 2 is 1.94 bits per heavy atom. The number of allylic oxidation sites excluding steroid dienone is 3. The summed E-state index contributed by atoms with van der Waals surface area (Å²) in [5.74, 6) is 1.50. The van der Waals surface area contributed by atoms with Gasteiger partial charge in [-0.05, 0) is 71.2 Å². The summed E-state index contributed by atoms with van der Waals surface area (Å²) in [6.07, 6.45) is 17.7. The first-order valence-corrected chi connectivity index (χ1v) is 11.4. The highest BCUT2D eigenvalue weighted by Crippen LogP contribution is 2.27. The molecule has 4 heteroatoms. The molecule has 1 aliphatic heterocycles. The largest absolute Gasteiger partial charge is 0.496 e. The van der Waals surface area contributed by atoms with E-state index in [-0.39, 0.29) is 0 Å². The van der Waals surface area contributed by atoms with E-state index in [1.54, 1.807) is 13.3 Å². The molecule has 0 atom stereocenters. The van der Waals surface area contributed by atoms with E-state index >= 15 is 0 Å². The highest BCUT2D eigenvalue weighted by atomic mass is 16.5. The van der Waals surface area contributed by atoms with Crippen LogP contribution in [0.5, 0.6) is 11.5 Å². The Hall–Kier alpha value is -4.18. The van der Waals surface area contributed by atoms with Gasteiger partial charge in [0.25, 0.3) is 0 Å². The zero-order valence-corrected chi connectivity index (χ0v) is 19.1. The molecular formula is C30H26N2O2. The Labute approximate surface area is 200 Å². The number of hydrogen-bond acceptors (Lipinski definition) is 4. The molecule has 1 aromatic heterocycles. The van der Waals surface area contributed by atoms with Gasteiger partial charge in [-0.3, -0.25) is 9.98 Å². The van der Waals surface area contributed by atoms with E-state index in [9.17, 15) is 0 Å². The first-order chi connectivity index (χ1) is 16.8. The second-order valence-electron chi connectivity index (χ2n) is 8.21. The number of benzene rings is 2. The number of rotatable bonds is 8. The fourth-order valence-electron chi connectivity index (χ4n) is 3.99. The molecule has 0 spiro atoms. The van der Waals surface area contributed by atoms with Crippen LogP contribution in [0.25, 0.3) is 18.2 Å². The molecule has 4 nitrogen and oxygen atoms in total. The number of fused-ring (bicyclic) bond motifs is 1. The Balaban J connectivity index is 1.21. The first-order valence-electron chi connectivity index (χ1n) is 11.4. The van der Waals surface area contributed by atoms with Gasteiger partial charge in [-0.25, -0.2) is 0 Å². The quantitative estimate of drug-likeness (QED) is 0.405. The van der Waals surface area contributed by atoms with Crippen molar-refractivity contribution >= 4 is 23.9 Å². The molecule has 0 N–H and O–H groups in total. The van der Waals surface area contributed by atoms with E-state index in [0.29, 0.717) is 13.2 Å². The molecule has 0 bridgehead atoms. The Morgan fingerprint density at radius 3 is 2.82 bits per heavy atom. The van der Waals surface area contributed by atoms with Gasteiger partial charge in [0.2, 0.25) is 0 Å². The number of ether oxygens (including phenoxy) is 2. The predicted octanol–water partition coefficient (Wildman–Crippen LogP) is 6.35. The summed E-state index contributed by atoms with van der Waals surface area (Å²) in [5, 5.41) is 0. The van der Waals surface area contributed by atoms with E-state index < -0.39 is 0 Å². The van der Waals surface area contributed by atoms with Crippen molar-refractivity contribution in [2.24, 2.45) is 4.99 Å². The maximum Gasteiger partial charge on any atom is 0.130 e. The predicted molar refractivity (Wildman–Crippen MR) is 139 cm³/mol. The van der Waals surface area contributed by atoms with Crippen molar-refractivity contribution in [1.82, 2.24) is 4.98 Å². The third-order valence-electron chi connectivity index (χ3n) is 5.82. The van der Waals surface area contributed by atoms with Gasteiger partial charge in [0.15, 0.2) is 0 Å². The SMILES string of the molecule is COc1cc(OCc2ccccn2)ccc1/C=C/C1=NCC(/C=C/c2ccc3c(c2)CC=C3)=C1. The molecule has 34 heavy (non-hydrogen) atoms. The van der Waals surface area contributed by atoms with Crippen molar-refractivity contribution in [2.75, 3.05) is 13.7 Å². The minimum atomic E-state index is 0.416. The summed E-state index contributed by atoms with van der Waals surface area (Å²) in [6.45, 7) is 1.11. The third kappa shape index (κ3) is 5.24. The zero-order valence-electron chi connectivity index (χ0n) is 19.1. The summed E-state index contributed by atoms with van der Waals surface area (Å²) < 4.78 is 11.4. The normalized spacial score (nSPS) is 14.5. The van der Waals surface area contributed by atoms with Crippen LogP contribution in [-0.2, 0) is 13.0 Å². The van der Waals surface area contributed by atoms with Crippen LogP contribution >= 0.6 is 0 Å². The van der Waals surface area contributed by atoms with Gasteiger partial charge in [0.05, 0.1) is 25.1 Å². The minimum Gasteiger partial charge on any atom is -0.496 e. The van der Waals surface area contributed by atoms with Crippen LogP contribution in [0.1, 0.15) is 27.9 Å². The highest BCUT2D eigenvalue weighted by molar-refractivity contribution is 6.08. The maximum atomic E-state index is 5.86. The van der Waals surface area contributed by atoms with Gasteiger partial charge < -0.3 is 9.47 Å². The second-order valence-corrected chi connectivity index (χ2v) is 8.21. The van der Waals surface area contributed by atoms with Crippen molar-refractivity contribution in [3.8, 4) is 11.5 Å². The van der Waals surface area contributed by atoms with Crippen LogP contribution in [0.2, 0.25) is 0 Å². The average Bonchev–Trinajstić information content (AvgIpc) is 3.55. The average molecular weight is 447 g/mol. The molecule has 1 aliphatic carbocycles. The molecule has 0 saturated carbocycles. The Bertz CT molecular complexity index is 1330. The summed E-state index contributed by atoms with van der Waals surface area (Å²) in [6, 6.07) is 18.2. The van der Waals surface area contributed by atoms with Crippen LogP contribution in [0, 0.1) is 0 Å². The molecule has 2 aliphatic rings. The number of aromatic nitrogens is 1. The lowest BCUT2D eigenvalue weighted by Crippen LogP contribution is -1.98. The fraction of sp³-hybridized carbons (Fsp3) is 0.133. The van der Waals surface area contributed by atoms with Crippen LogP contribution in [-0.4, -0.2) is 24.4 Å². The third-order valence-corrected chi connectivity index (χ3v) is 5.82. The molecule has 2 heterocycles. The van der Waals surface area contributed by atoms with Gasteiger partial charge in [0, 0.05) is 17.8 Å². The monoisotopic (exact) mass is 446 g/mol. The van der Waals surface area contributed by atoms with Crippen LogP contribution in [0.4, 0.5) is 0 Å². The second kappa shape index (κ2) is 10.2. The van der Waals surface area contributed by atoms with Crippen molar-refractivity contribution in [3.63, 3.8) is 0 Å². The number of aliphatic imine (C=N–C) groups is 1. The Kier molecular flexibility index (Phi) is 6.48. The van der Waals surface area contributed by atoms with Gasteiger partial charge in [0.1, 0.15) is 18.1 Å². The minimum absolute atomic E-state index is 0.416. The first kappa shape index (κ1) is 21.7. The molecule has 2 aromatic carbocycles. The lowest BCUT2D eigenvalue weighted by atomic mass is 10.0. The fourth-order valence-corrected chi connectivity index (χ4v) is 3.99. The summed E-state index contributed by atoms with van der Waals surface area (Å²) >= 11 is 0. The molecule has 0 unspecified atom stereocenters. The summed E-state index contributed by atoms with van der Waals surface area (Å²) in [4.78, 5) is 8.93. The summed E-state index contributed by atoms with van der Waals surface area (Å²) in [5.41, 5.74) is 7.95. The Morgan fingerprint density at radius 1 is 0.971 bits per heavy atom. The molecule has 168 valence electrons. The van der Waals surface area contributed by atoms with Crippen LogP contribution < -0.4 is 9.47 Å². The van der Waals surface area contributed by atoms with Gasteiger partial charge in [-0.15, -0.1) is 0 Å². The molecule has 0 amide bonds.